The fourth-order valence-electron chi connectivity index (χ4n) is 2.19. The van der Waals surface area contributed by atoms with Gasteiger partial charge >= 0.3 is 0 Å². The van der Waals surface area contributed by atoms with E-state index in [0.717, 1.165) is 22.4 Å². The highest BCUT2D eigenvalue weighted by Crippen LogP contribution is 2.21. The quantitative estimate of drug-likeness (QED) is 0.770. The average molecular weight is 281 g/mol. The first-order valence-electron chi connectivity index (χ1n) is 6.62. The summed E-state index contributed by atoms with van der Waals surface area (Å²) in [7, 11) is 0. The number of hydrogen-bond acceptors (Lipinski definition) is 4. The first-order valence-corrected chi connectivity index (χ1v) is 6.62. The molecule has 0 bridgehead atoms. The molecule has 106 valence electrons. The van der Waals surface area contributed by atoms with E-state index < -0.39 is 5.91 Å². The Morgan fingerprint density at radius 3 is 2.81 bits per heavy atom. The van der Waals surface area contributed by atoms with Crippen LogP contribution < -0.4 is 11.1 Å². The molecule has 0 aliphatic carbocycles. The van der Waals surface area contributed by atoms with Crippen molar-refractivity contribution in [2.24, 2.45) is 5.73 Å². The number of para-hydroxylation sites is 1. The molecule has 0 aliphatic heterocycles. The van der Waals surface area contributed by atoms with Gasteiger partial charge in [-0.25, -0.2) is 4.98 Å². The van der Waals surface area contributed by atoms with Crippen LogP contribution in [-0.4, -0.2) is 10.9 Å². The second kappa shape index (κ2) is 5.28. The number of hydrogen-bond donors (Lipinski definition) is 2. The van der Waals surface area contributed by atoms with Crippen LogP contribution >= 0.6 is 0 Å². The van der Waals surface area contributed by atoms with Crippen molar-refractivity contribution >= 4 is 22.6 Å². The molecule has 0 atom stereocenters. The maximum atomic E-state index is 11.6. The van der Waals surface area contributed by atoms with Gasteiger partial charge in [-0.05, 0) is 31.2 Å². The number of rotatable bonds is 4. The Bertz CT molecular complexity index is 808. The molecular weight excluding hydrogens is 266 g/mol. The first-order chi connectivity index (χ1) is 10.1. The van der Waals surface area contributed by atoms with Crippen LogP contribution in [0.1, 0.15) is 21.9 Å². The zero-order valence-electron chi connectivity index (χ0n) is 11.6. The Morgan fingerprint density at radius 2 is 2.10 bits per heavy atom. The second-order valence-corrected chi connectivity index (χ2v) is 4.81. The monoisotopic (exact) mass is 281 g/mol. The van der Waals surface area contributed by atoms with E-state index >= 15 is 0 Å². The van der Waals surface area contributed by atoms with Crippen molar-refractivity contribution in [3.63, 3.8) is 0 Å². The summed E-state index contributed by atoms with van der Waals surface area (Å²) < 4.78 is 5.49. The van der Waals surface area contributed by atoms with E-state index in [-0.39, 0.29) is 0 Å². The lowest BCUT2D eigenvalue weighted by atomic mass is 10.1. The van der Waals surface area contributed by atoms with Crippen LogP contribution in [0.15, 0.2) is 46.9 Å². The van der Waals surface area contributed by atoms with Crippen molar-refractivity contribution in [3.05, 3.63) is 59.5 Å². The summed E-state index contributed by atoms with van der Waals surface area (Å²) in [6, 6.07) is 13.1. The van der Waals surface area contributed by atoms with Crippen molar-refractivity contribution in [1.82, 2.24) is 4.98 Å². The number of nitrogens with zero attached hydrogens (tertiary/aromatic N) is 1. The number of pyridine rings is 1. The number of aryl methyl sites for hydroxylation is 1. The van der Waals surface area contributed by atoms with Crippen molar-refractivity contribution in [1.29, 1.82) is 0 Å². The number of primary amides is 1. The molecule has 0 unspecified atom stereocenters. The van der Waals surface area contributed by atoms with Crippen LogP contribution in [0.25, 0.3) is 10.9 Å². The van der Waals surface area contributed by atoms with Crippen molar-refractivity contribution in [2.75, 3.05) is 5.32 Å². The summed E-state index contributed by atoms with van der Waals surface area (Å²) in [5.41, 5.74) is 6.61. The SMILES string of the molecule is Cc1ccc(CNc2nc3ccccc3cc2C(N)=O)o1. The standard InChI is InChI=1S/C16H15N3O2/c1-10-6-7-12(21-10)9-18-16-13(15(17)20)8-11-4-2-3-5-14(11)19-16/h2-8H,9H2,1H3,(H2,17,20)(H,18,19). The van der Waals surface area contributed by atoms with E-state index in [1.54, 1.807) is 6.07 Å². The summed E-state index contributed by atoms with van der Waals surface area (Å²) in [4.78, 5) is 16.1. The molecular formula is C16H15N3O2. The zero-order valence-corrected chi connectivity index (χ0v) is 11.6. The summed E-state index contributed by atoms with van der Waals surface area (Å²) in [6.45, 7) is 2.33. The lowest BCUT2D eigenvalue weighted by Crippen LogP contribution is -2.15. The number of nitrogens with two attached hydrogens (primary N) is 1. The molecule has 3 aromatic rings. The van der Waals surface area contributed by atoms with E-state index in [1.165, 1.54) is 0 Å². The number of carbonyl (C=O) groups is 1. The van der Waals surface area contributed by atoms with Gasteiger partial charge in [0.2, 0.25) is 0 Å². The molecule has 0 aliphatic rings. The molecule has 2 heterocycles. The Kier molecular flexibility index (Phi) is 3.31. The number of carbonyl (C=O) groups excluding carboxylic acids is 1. The van der Waals surface area contributed by atoms with E-state index in [1.807, 2.05) is 43.3 Å². The van der Waals surface area contributed by atoms with Crippen LogP contribution in [0.5, 0.6) is 0 Å². The molecule has 5 heteroatoms. The summed E-state index contributed by atoms with van der Waals surface area (Å²) in [5, 5.41) is 3.99. The smallest absolute Gasteiger partial charge is 0.252 e. The Hall–Kier alpha value is -2.82. The lowest BCUT2D eigenvalue weighted by Gasteiger charge is -2.09. The maximum Gasteiger partial charge on any atom is 0.252 e. The largest absolute Gasteiger partial charge is 0.465 e. The molecule has 21 heavy (non-hydrogen) atoms. The summed E-state index contributed by atoms with van der Waals surface area (Å²) >= 11 is 0. The molecule has 0 radical (unpaired) electrons. The molecule has 1 aromatic carbocycles. The van der Waals surface area contributed by atoms with Gasteiger partial charge in [-0.15, -0.1) is 0 Å². The molecule has 2 aromatic heterocycles. The van der Waals surface area contributed by atoms with Crippen molar-refractivity contribution in [2.45, 2.75) is 13.5 Å². The number of aromatic nitrogens is 1. The van der Waals surface area contributed by atoms with Gasteiger partial charge in [-0.1, -0.05) is 18.2 Å². The average Bonchev–Trinajstić information content (AvgIpc) is 2.89. The molecule has 3 rings (SSSR count). The lowest BCUT2D eigenvalue weighted by molar-refractivity contribution is 0.100. The van der Waals surface area contributed by atoms with Gasteiger partial charge in [0, 0.05) is 5.39 Å². The molecule has 0 spiro atoms. The van der Waals surface area contributed by atoms with Crippen LogP contribution in [0.3, 0.4) is 0 Å². The summed E-state index contributed by atoms with van der Waals surface area (Å²) in [5.74, 6) is 1.58. The molecule has 0 fully saturated rings. The Labute approximate surface area is 121 Å². The van der Waals surface area contributed by atoms with E-state index in [4.69, 9.17) is 10.2 Å². The Morgan fingerprint density at radius 1 is 1.29 bits per heavy atom. The van der Waals surface area contributed by atoms with Crippen LogP contribution in [0.4, 0.5) is 5.82 Å². The molecule has 0 saturated heterocycles. The fraction of sp³-hybridized carbons (Fsp3) is 0.125. The van der Waals surface area contributed by atoms with Gasteiger partial charge in [-0.2, -0.15) is 0 Å². The minimum Gasteiger partial charge on any atom is -0.465 e. The zero-order chi connectivity index (χ0) is 14.8. The van der Waals surface area contributed by atoms with Crippen LogP contribution in [0, 0.1) is 6.92 Å². The third-order valence-corrected chi connectivity index (χ3v) is 3.22. The number of fused-ring (bicyclic) bond motifs is 1. The summed E-state index contributed by atoms with van der Waals surface area (Å²) in [6.07, 6.45) is 0. The predicted octanol–water partition coefficient (Wildman–Crippen LogP) is 2.85. The molecule has 5 nitrogen and oxygen atoms in total. The van der Waals surface area contributed by atoms with Crippen LogP contribution in [-0.2, 0) is 6.54 Å². The minimum atomic E-state index is -0.508. The van der Waals surface area contributed by atoms with Crippen molar-refractivity contribution in [3.8, 4) is 0 Å². The normalized spacial score (nSPS) is 10.7. The highest BCUT2D eigenvalue weighted by molar-refractivity contribution is 6.01. The second-order valence-electron chi connectivity index (χ2n) is 4.81. The number of benzene rings is 1. The third kappa shape index (κ3) is 2.72. The van der Waals surface area contributed by atoms with Gasteiger partial charge in [-0.3, -0.25) is 4.79 Å². The minimum absolute atomic E-state index is 0.372. The Balaban J connectivity index is 1.95. The third-order valence-electron chi connectivity index (χ3n) is 3.22. The highest BCUT2D eigenvalue weighted by atomic mass is 16.3. The van der Waals surface area contributed by atoms with Gasteiger partial charge in [0.25, 0.3) is 5.91 Å². The first kappa shape index (κ1) is 13.2. The predicted molar refractivity (Wildman–Crippen MR) is 81.0 cm³/mol. The molecule has 3 N–H and O–H groups in total. The highest BCUT2D eigenvalue weighted by Gasteiger charge is 2.12. The maximum absolute atomic E-state index is 11.6. The van der Waals surface area contributed by atoms with Crippen LogP contribution in [0.2, 0.25) is 0 Å². The van der Waals surface area contributed by atoms with Gasteiger partial charge < -0.3 is 15.5 Å². The fourth-order valence-corrected chi connectivity index (χ4v) is 2.19. The van der Waals surface area contributed by atoms with E-state index in [9.17, 15) is 4.79 Å². The molecule has 1 amide bonds. The van der Waals surface area contributed by atoms with E-state index in [2.05, 4.69) is 10.3 Å². The number of anilines is 1. The van der Waals surface area contributed by atoms with Crippen molar-refractivity contribution < 1.29 is 9.21 Å². The number of furan rings is 1. The van der Waals surface area contributed by atoms with Gasteiger partial charge in [0.15, 0.2) is 0 Å². The van der Waals surface area contributed by atoms with Gasteiger partial charge in [0.1, 0.15) is 17.3 Å². The number of nitrogens with one attached hydrogen (secondary N) is 1. The van der Waals surface area contributed by atoms with Gasteiger partial charge in [0.05, 0.1) is 17.6 Å². The number of amides is 1. The topological polar surface area (TPSA) is 81.1 Å². The van der Waals surface area contributed by atoms with E-state index in [0.29, 0.717) is 17.9 Å². The molecule has 0 saturated carbocycles.